The number of rotatable bonds is 11. The van der Waals surface area contributed by atoms with Crippen molar-refractivity contribution in [1.29, 1.82) is 0 Å². The third-order valence-electron chi connectivity index (χ3n) is 6.53. The Morgan fingerprint density at radius 1 is 0.935 bits per heavy atom. The molecule has 3 rings (SSSR count). The van der Waals surface area contributed by atoms with Crippen LogP contribution in [-0.4, -0.2) is 78.1 Å². The van der Waals surface area contributed by atoms with Gasteiger partial charge in [0.15, 0.2) is 12.2 Å². The van der Waals surface area contributed by atoms with Crippen LogP contribution >= 0.6 is 0 Å². The summed E-state index contributed by atoms with van der Waals surface area (Å²) in [7, 11) is 1.29. The van der Waals surface area contributed by atoms with Crippen molar-refractivity contribution in [3.63, 3.8) is 0 Å². The lowest BCUT2D eigenvalue weighted by Gasteiger charge is -2.43. The molecule has 1 saturated heterocycles. The molecule has 1 aromatic carbocycles. The van der Waals surface area contributed by atoms with Gasteiger partial charge in [-0.3, -0.25) is 23.9 Å². The summed E-state index contributed by atoms with van der Waals surface area (Å²) in [6, 6.07) is 2.72. The summed E-state index contributed by atoms with van der Waals surface area (Å²) in [5, 5.41) is 4.02. The van der Waals surface area contributed by atoms with E-state index in [1.807, 2.05) is 0 Å². The molecule has 254 valence electrons. The van der Waals surface area contributed by atoms with Crippen LogP contribution in [0.25, 0.3) is 0 Å². The fraction of sp³-hybridized carbons (Fsp3) is 0.552. The summed E-state index contributed by atoms with van der Waals surface area (Å²) in [6.07, 6.45) is -13.9. The van der Waals surface area contributed by atoms with E-state index in [0.717, 1.165) is 33.8 Å². The molecule has 5 atom stereocenters. The summed E-state index contributed by atoms with van der Waals surface area (Å²) < 4.78 is 97.0. The molecule has 0 unspecified atom stereocenters. The van der Waals surface area contributed by atoms with Crippen molar-refractivity contribution in [2.24, 2.45) is 0 Å². The number of hydrogen-bond donors (Lipinski definition) is 0. The van der Waals surface area contributed by atoms with Crippen molar-refractivity contribution in [2.75, 3.05) is 13.7 Å². The summed E-state index contributed by atoms with van der Waals surface area (Å²) in [5.41, 5.74) is -2.02. The number of methoxy groups -OCH3 is 1. The largest absolute Gasteiger partial charge is 0.497 e. The average Bonchev–Trinajstić information content (AvgIpc) is 3.29. The Morgan fingerprint density at radius 2 is 1.52 bits per heavy atom. The van der Waals surface area contributed by atoms with E-state index < -0.39 is 103 Å². The van der Waals surface area contributed by atoms with Crippen LogP contribution in [-0.2, 0) is 55.5 Å². The second-order valence-corrected chi connectivity index (χ2v) is 10.5. The topological polar surface area (TPSA) is 151 Å². The molecule has 1 aliphatic rings. The van der Waals surface area contributed by atoms with E-state index in [-0.39, 0.29) is 11.3 Å². The summed E-state index contributed by atoms with van der Waals surface area (Å²) >= 11 is 0. The van der Waals surface area contributed by atoms with E-state index in [0.29, 0.717) is 4.68 Å². The SMILES string of the molecule is COc1ccc(Cc2c(O[C@@H]3O[C@H](COC(C)=O)[C@@H](OC(C)=O)[C@H](OC(C)=O)[C@H]3OC(C)=O)nn(C(C)C)c2C(F)(F)F)c(F)c1. The number of esters is 4. The number of carbonyl (C=O) groups excluding carboxylic acids is 4. The number of benzene rings is 1. The molecule has 13 nitrogen and oxygen atoms in total. The van der Waals surface area contributed by atoms with Gasteiger partial charge >= 0.3 is 30.1 Å². The lowest BCUT2D eigenvalue weighted by molar-refractivity contribution is -0.289. The van der Waals surface area contributed by atoms with E-state index in [9.17, 15) is 36.7 Å². The molecule has 0 spiro atoms. The Balaban J connectivity index is 2.21. The number of hydrogen-bond acceptors (Lipinski definition) is 12. The highest BCUT2D eigenvalue weighted by Gasteiger charge is 2.54. The summed E-state index contributed by atoms with van der Waals surface area (Å²) in [4.78, 5) is 47.9. The Kier molecular flexibility index (Phi) is 11.6. The molecule has 0 saturated carbocycles. The molecule has 0 N–H and O–H groups in total. The van der Waals surface area contributed by atoms with Gasteiger partial charge in [0.05, 0.1) is 12.7 Å². The van der Waals surface area contributed by atoms with Crippen molar-refractivity contribution in [2.45, 2.75) is 90.9 Å². The maximum absolute atomic E-state index is 15.0. The number of nitrogens with zero attached hydrogens (tertiary/aromatic N) is 2. The van der Waals surface area contributed by atoms with Gasteiger partial charge in [-0.15, -0.1) is 5.10 Å². The molecule has 1 aromatic heterocycles. The molecule has 1 fully saturated rings. The van der Waals surface area contributed by atoms with Crippen LogP contribution in [0.15, 0.2) is 18.2 Å². The van der Waals surface area contributed by atoms with Gasteiger partial charge < -0.3 is 33.2 Å². The fourth-order valence-electron chi connectivity index (χ4n) is 4.76. The Labute approximate surface area is 260 Å². The van der Waals surface area contributed by atoms with E-state index in [2.05, 4.69) is 5.10 Å². The van der Waals surface area contributed by atoms with E-state index in [1.165, 1.54) is 33.1 Å². The third-order valence-corrected chi connectivity index (χ3v) is 6.53. The van der Waals surface area contributed by atoms with Crippen LogP contribution in [0.3, 0.4) is 0 Å². The quantitative estimate of drug-likeness (QED) is 0.196. The zero-order valence-electron chi connectivity index (χ0n) is 26.0. The summed E-state index contributed by atoms with van der Waals surface area (Å²) in [6.45, 7) is 6.35. The van der Waals surface area contributed by atoms with Gasteiger partial charge in [0, 0.05) is 46.2 Å². The van der Waals surface area contributed by atoms with Crippen molar-refractivity contribution >= 4 is 23.9 Å². The van der Waals surface area contributed by atoms with Crippen LogP contribution in [0.4, 0.5) is 17.6 Å². The highest BCUT2D eigenvalue weighted by Crippen LogP contribution is 2.41. The minimum absolute atomic E-state index is 0.129. The first-order valence-corrected chi connectivity index (χ1v) is 13.9. The molecular weight excluding hydrogens is 628 g/mol. The molecule has 0 aliphatic carbocycles. The Morgan fingerprint density at radius 3 is 2.02 bits per heavy atom. The van der Waals surface area contributed by atoms with Crippen LogP contribution in [0.2, 0.25) is 0 Å². The molecule has 2 heterocycles. The number of alkyl halides is 3. The fourth-order valence-corrected chi connectivity index (χ4v) is 4.76. The molecule has 46 heavy (non-hydrogen) atoms. The van der Waals surface area contributed by atoms with Crippen LogP contribution < -0.4 is 9.47 Å². The van der Waals surface area contributed by atoms with Crippen molar-refractivity contribution in [3.05, 3.63) is 40.8 Å². The molecule has 2 aromatic rings. The molecule has 0 amide bonds. The first kappa shape index (κ1) is 36.1. The minimum Gasteiger partial charge on any atom is -0.497 e. The van der Waals surface area contributed by atoms with Gasteiger partial charge in [0.2, 0.25) is 18.3 Å². The number of ether oxygens (including phenoxy) is 7. The predicted octanol–water partition coefficient (Wildman–Crippen LogP) is 3.68. The molecule has 17 heteroatoms. The lowest BCUT2D eigenvalue weighted by Crippen LogP contribution is -2.63. The highest BCUT2D eigenvalue weighted by molar-refractivity contribution is 5.68. The zero-order chi connectivity index (χ0) is 34.5. The number of halogens is 4. The molecular formula is C29H34F4N2O11. The van der Waals surface area contributed by atoms with Gasteiger partial charge in [-0.05, 0) is 25.5 Å². The van der Waals surface area contributed by atoms with Crippen LogP contribution in [0.1, 0.15) is 64.4 Å². The lowest BCUT2D eigenvalue weighted by atomic mass is 9.98. The first-order chi connectivity index (χ1) is 21.4. The maximum Gasteiger partial charge on any atom is 0.433 e. The molecule has 0 radical (unpaired) electrons. The zero-order valence-corrected chi connectivity index (χ0v) is 26.0. The van der Waals surface area contributed by atoms with Crippen LogP contribution in [0.5, 0.6) is 11.6 Å². The molecule has 1 aliphatic heterocycles. The maximum atomic E-state index is 15.0. The monoisotopic (exact) mass is 662 g/mol. The van der Waals surface area contributed by atoms with Gasteiger partial charge in [-0.25, -0.2) is 4.39 Å². The van der Waals surface area contributed by atoms with Gasteiger partial charge in [0.25, 0.3) is 0 Å². The third kappa shape index (κ3) is 8.86. The number of carbonyl (C=O) groups is 4. The molecule has 0 bridgehead atoms. The van der Waals surface area contributed by atoms with Gasteiger partial charge in [-0.2, -0.15) is 13.2 Å². The predicted molar refractivity (Wildman–Crippen MR) is 146 cm³/mol. The highest BCUT2D eigenvalue weighted by atomic mass is 19.4. The standard InChI is InChI=1S/C29H34F4N2O11/c1-13(2)35-26(29(31,32)33)20(10-18-8-9-19(40-7)11-21(18)30)27(34-35)46-28-25(44-17(6)39)24(43-16(5)38)23(42-15(4)37)22(45-28)12-41-14(3)36/h8-9,11,13,22-25,28H,10,12H2,1-7H3/t22-,23-,24+,25-,28+/m1/s1. The van der Waals surface area contributed by atoms with Crippen molar-refractivity contribution in [1.82, 2.24) is 9.78 Å². The first-order valence-electron chi connectivity index (χ1n) is 13.9. The van der Waals surface area contributed by atoms with Gasteiger partial charge in [-0.1, -0.05) is 6.07 Å². The minimum atomic E-state index is -5.00. The van der Waals surface area contributed by atoms with Crippen LogP contribution in [0, 0.1) is 5.82 Å². The second kappa shape index (κ2) is 14.8. The normalized spacial score (nSPS) is 21.3. The van der Waals surface area contributed by atoms with Gasteiger partial charge in [0.1, 0.15) is 30.0 Å². The van der Waals surface area contributed by atoms with E-state index >= 15 is 0 Å². The Bertz CT molecular complexity index is 1440. The van der Waals surface area contributed by atoms with Crippen molar-refractivity contribution in [3.8, 4) is 11.6 Å². The summed E-state index contributed by atoms with van der Waals surface area (Å²) in [5.74, 6) is -4.96. The number of aromatic nitrogens is 2. The van der Waals surface area contributed by atoms with E-state index in [1.54, 1.807) is 0 Å². The second-order valence-electron chi connectivity index (χ2n) is 10.5. The smallest absolute Gasteiger partial charge is 0.433 e. The average molecular weight is 663 g/mol. The van der Waals surface area contributed by atoms with Crippen molar-refractivity contribution < 1.29 is 69.9 Å². The van der Waals surface area contributed by atoms with E-state index in [4.69, 9.17) is 33.2 Å². The Hall–Kier alpha value is -4.41.